The number of hydrogen-bond acceptors (Lipinski definition) is 3. The van der Waals surface area contributed by atoms with Gasteiger partial charge in [0.2, 0.25) is 5.91 Å². The van der Waals surface area contributed by atoms with Crippen molar-refractivity contribution in [1.82, 2.24) is 19.8 Å². The normalized spacial score (nSPS) is 12.4. The molecule has 5 nitrogen and oxygen atoms in total. The number of benzene rings is 1. The quantitative estimate of drug-likeness (QED) is 0.849. The second kappa shape index (κ2) is 7.75. The van der Waals surface area contributed by atoms with Gasteiger partial charge in [0.05, 0.1) is 12.0 Å². The van der Waals surface area contributed by atoms with Gasteiger partial charge in [0.15, 0.2) is 0 Å². The van der Waals surface area contributed by atoms with Crippen LogP contribution >= 0.6 is 0 Å². The summed E-state index contributed by atoms with van der Waals surface area (Å²) >= 11 is 0. The number of carbonyl (C=O) groups excluding carboxylic acids is 1. The lowest BCUT2D eigenvalue weighted by atomic mass is 10.2. The van der Waals surface area contributed by atoms with Gasteiger partial charge in [-0.2, -0.15) is 0 Å². The summed E-state index contributed by atoms with van der Waals surface area (Å²) in [5.41, 5.74) is 2.40. The van der Waals surface area contributed by atoms with Gasteiger partial charge in [0, 0.05) is 38.8 Å². The fraction of sp³-hybridized carbons (Fsp3) is 0.412. The molecule has 0 spiro atoms. The lowest BCUT2D eigenvalue weighted by Gasteiger charge is -2.24. The number of aromatic nitrogens is 2. The first-order chi connectivity index (χ1) is 10.6. The molecule has 2 aromatic rings. The smallest absolute Gasteiger partial charge is 0.221 e. The van der Waals surface area contributed by atoms with E-state index in [-0.39, 0.29) is 11.9 Å². The topological polar surface area (TPSA) is 50.2 Å². The molecule has 0 saturated heterocycles. The van der Waals surface area contributed by atoms with Gasteiger partial charge < -0.3 is 9.88 Å². The lowest BCUT2D eigenvalue weighted by molar-refractivity contribution is -0.121. The number of nitrogens with zero attached hydrogens (tertiary/aromatic N) is 3. The Morgan fingerprint density at radius 2 is 2.09 bits per heavy atom. The summed E-state index contributed by atoms with van der Waals surface area (Å²) in [7, 11) is 3.71. The van der Waals surface area contributed by atoms with Gasteiger partial charge in [-0.3, -0.25) is 9.69 Å². The Labute approximate surface area is 132 Å². The van der Waals surface area contributed by atoms with E-state index in [0.717, 1.165) is 18.8 Å². The van der Waals surface area contributed by atoms with Crippen molar-refractivity contribution in [1.29, 1.82) is 0 Å². The largest absolute Gasteiger partial charge is 0.359 e. The van der Waals surface area contributed by atoms with E-state index in [1.54, 1.807) is 7.05 Å². The molecule has 0 aliphatic carbocycles. The molecule has 0 bridgehead atoms. The van der Waals surface area contributed by atoms with E-state index in [2.05, 4.69) is 38.8 Å². The number of rotatable bonds is 7. The van der Waals surface area contributed by atoms with Crippen molar-refractivity contribution in [2.24, 2.45) is 0 Å². The molecule has 1 aromatic heterocycles. The standard InChI is InChI=1S/C17H24N4O/c1-14(9-17(22)18-2)20(3)12-16-10-19-13-21(16)11-15-7-5-4-6-8-15/h4-8,10,13-14H,9,11-12H2,1-3H3,(H,18,22). The van der Waals surface area contributed by atoms with E-state index in [1.165, 1.54) is 5.56 Å². The monoisotopic (exact) mass is 300 g/mol. The van der Waals surface area contributed by atoms with Crippen LogP contribution in [0.25, 0.3) is 0 Å². The maximum absolute atomic E-state index is 11.5. The van der Waals surface area contributed by atoms with Crippen LogP contribution in [-0.2, 0) is 17.9 Å². The van der Waals surface area contributed by atoms with E-state index in [1.807, 2.05) is 37.8 Å². The van der Waals surface area contributed by atoms with Crippen molar-refractivity contribution in [3.05, 3.63) is 54.1 Å². The Kier molecular flexibility index (Phi) is 5.72. The van der Waals surface area contributed by atoms with E-state index >= 15 is 0 Å². The van der Waals surface area contributed by atoms with Crippen molar-refractivity contribution < 1.29 is 4.79 Å². The predicted molar refractivity (Wildman–Crippen MR) is 87.4 cm³/mol. The molecule has 1 aromatic carbocycles. The number of nitrogens with one attached hydrogen (secondary N) is 1. The van der Waals surface area contributed by atoms with Gasteiger partial charge in [0.1, 0.15) is 0 Å². The van der Waals surface area contributed by atoms with Crippen molar-refractivity contribution in [3.8, 4) is 0 Å². The fourth-order valence-corrected chi connectivity index (χ4v) is 2.34. The molecule has 118 valence electrons. The van der Waals surface area contributed by atoms with Crippen LogP contribution in [0.2, 0.25) is 0 Å². The third kappa shape index (κ3) is 4.43. The SMILES string of the molecule is CNC(=O)CC(C)N(C)Cc1cncn1Cc1ccccc1. The molecule has 1 atom stereocenters. The summed E-state index contributed by atoms with van der Waals surface area (Å²) in [6.45, 7) is 3.64. The Morgan fingerprint density at radius 3 is 2.77 bits per heavy atom. The molecule has 22 heavy (non-hydrogen) atoms. The van der Waals surface area contributed by atoms with Crippen LogP contribution < -0.4 is 5.32 Å². The van der Waals surface area contributed by atoms with Crippen LogP contribution in [-0.4, -0.2) is 40.5 Å². The predicted octanol–water partition coefficient (Wildman–Crippen LogP) is 1.89. The summed E-state index contributed by atoms with van der Waals surface area (Å²) in [4.78, 5) is 17.9. The average molecular weight is 300 g/mol. The highest BCUT2D eigenvalue weighted by molar-refractivity contribution is 5.76. The van der Waals surface area contributed by atoms with Crippen LogP contribution in [0, 0.1) is 0 Å². The minimum Gasteiger partial charge on any atom is -0.359 e. The van der Waals surface area contributed by atoms with E-state index < -0.39 is 0 Å². The molecular weight excluding hydrogens is 276 g/mol. The number of imidazole rings is 1. The van der Waals surface area contributed by atoms with Crippen LogP contribution in [0.3, 0.4) is 0 Å². The molecule has 1 unspecified atom stereocenters. The van der Waals surface area contributed by atoms with Crippen LogP contribution in [0.1, 0.15) is 24.6 Å². The lowest BCUT2D eigenvalue weighted by Crippen LogP contribution is -2.34. The molecule has 5 heteroatoms. The Balaban J connectivity index is 1.99. The van der Waals surface area contributed by atoms with E-state index in [9.17, 15) is 4.79 Å². The van der Waals surface area contributed by atoms with E-state index in [4.69, 9.17) is 0 Å². The zero-order chi connectivity index (χ0) is 15.9. The van der Waals surface area contributed by atoms with Crippen LogP contribution in [0.15, 0.2) is 42.9 Å². The second-order valence-electron chi connectivity index (χ2n) is 5.64. The summed E-state index contributed by atoms with van der Waals surface area (Å²) in [6, 6.07) is 10.5. The molecule has 0 fully saturated rings. The Morgan fingerprint density at radius 1 is 1.36 bits per heavy atom. The highest BCUT2D eigenvalue weighted by Gasteiger charge is 2.15. The summed E-state index contributed by atoms with van der Waals surface area (Å²) in [5, 5.41) is 2.67. The highest BCUT2D eigenvalue weighted by atomic mass is 16.1. The van der Waals surface area contributed by atoms with Gasteiger partial charge >= 0.3 is 0 Å². The third-order valence-electron chi connectivity index (χ3n) is 3.92. The molecule has 2 rings (SSSR count). The molecule has 1 N–H and O–H groups in total. The minimum atomic E-state index is 0.0668. The zero-order valence-electron chi connectivity index (χ0n) is 13.5. The van der Waals surface area contributed by atoms with Gasteiger partial charge in [-0.05, 0) is 19.5 Å². The summed E-state index contributed by atoms with van der Waals surface area (Å²) in [5.74, 6) is 0.0668. The first kappa shape index (κ1) is 16.2. The second-order valence-corrected chi connectivity index (χ2v) is 5.64. The number of hydrogen-bond donors (Lipinski definition) is 1. The molecule has 0 saturated carbocycles. The molecule has 1 amide bonds. The Bertz CT molecular complexity index is 594. The highest BCUT2D eigenvalue weighted by Crippen LogP contribution is 2.11. The van der Waals surface area contributed by atoms with Gasteiger partial charge in [-0.1, -0.05) is 30.3 Å². The zero-order valence-corrected chi connectivity index (χ0v) is 13.5. The van der Waals surface area contributed by atoms with Crippen LogP contribution in [0.5, 0.6) is 0 Å². The van der Waals surface area contributed by atoms with Crippen LogP contribution in [0.4, 0.5) is 0 Å². The minimum absolute atomic E-state index is 0.0668. The van der Waals surface area contributed by atoms with Gasteiger partial charge in [-0.25, -0.2) is 4.98 Å². The first-order valence-electron chi connectivity index (χ1n) is 7.54. The maximum Gasteiger partial charge on any atom is 0.221 e. The molecule has 0 aliphatic rings. The van der Waals surface area contributed by atoms with Gasteiger partial charge in [-0.15, -0.1) is 0 Å². The summed E-state index contributed by atoms with van der Waals surface area (Å²) < 4.78 is 2.15. The summed E-state index contributed by atoms with van der Waals surface area (Å²) in [6.07, 6.45) is 4.26. The van der Waals surface area contributed by atoms with Gasteiger partial charge in [0.25, 0.3) is 0 Å². The molecule has 0 radical (unpaired) electrons. The maximum atomic E-state index is 11.5. The molecular formula is C17H24N4O. The van der Waals surface area contributed by atoms with Crippen molar-refractivity contribution >= 4 is 5.91 Å². The first-order valence-corrected chi connectivity index (χ1v) is 7.54. The Hall–Kier alpha value is -2.14. The van der Waals surface area contributed by atoms with Crippen molar-refractivity contribution in [3.63, 3.8) is 0 Å². The fourth-order valence-electron chi connectivity index (χ4n) is 2.34. The molecule has 0 aliphatic heterocycles. The van der Waals surface area contributed by atoms with Crippen molar-refractivity contribution in [2.45, 2.75) is 32.5 Å². The van der Waals surface area contributed by atoms with E-state index in [0.29, 0.717) is 6.42 Å². The van der Waals surface area contributed by atoms with Crippen molar-refractivity contribution in [2.75, 3.05) is 14.1 Å². The number of amides is 1. The third-order valence-corrected chi connectivity index (χ3v) is 3.92. The number of carbonyl (C=O) groups is 1. The molecule has 1 heterocycles. The average Bonchev–Trinajstić information content (AvgIpc) is 2.95.